The molecule has 4 atom stereocenters. The first-order valence-corrected chi connectivity index (χ1v) is 10.5. The van der Waals surface area contributed by atoms with Crippen molar-refractivity contribution in [3.63, 3.8) is 0 Å². The van der Waals surface area contributed by atoms with Gasteiger partial charge in [-0.05, 0) is 38.7 Å². The Morgan fingerprint density at radius 2 is 2.23 bits per heavy atom. The first-order chi connectivity index (χ1) is 12.5. The number of allylic oxidation sites excluding steroid dienone is 3. The first kappa shape index (κ1) is 18.8. The van der Waals surface area contributed by atoms with Crippen LogP contribution >= 0.6 is 0 Å². The predicted octanol–water partition coefficient (Wildman–Crippen LogP) is 2.26. The second kappa shape index (κ2) is 8.12. The van der Waals surface area contributed by atoms with Crippen LogP contribution in [-0.2, 0) is 20.3 Å². The Kier molecular flexibility index (Phi) is 5.86. The average molecular weight is 375 g/mol. The summed E-state index contributed by atoms with van der Waals surface area (Å²) in [4.78, 5) is 21.3. The van der Waals surface area contributed by atoms with Crippen molar-refractivity contribution in [2.75, 3.05) is 6.26 Å². The van der Waals surface area contributed by atoms with Crippen molar-refractivity contribution in [3.05, 3.63) is 36.1 Å². The second-order valence-corrected chi connectivity index (χ2v) is 7.99. The number of nitrogens with zero attached hydrogens (tertiary/aromatic N) is 2. The number of carbonyl (C=O) groups is 1. The highest BCUT2D eigenvalue weighted by Gasteiger charge is 2.42. The van der Waals surface area contributed by atoms with Crippen LogP contribution < -0.4 is 5.32 Å². The Bertz CT molecular complexity index is 747. The SMILES string of the molecule is C/C=C\C=C/CC(=O)O[C@H](C)C1=CC2NC(S(C)=O)=NC2C(C2CC2)=N1. The van der Waals surface area contributed by atoms with E-state index >= 15 is 0 Å². The summed E-state index contributed by atoms with van der Waals surface area (Å²) in [6.45, 7) is 3.76. The summed E-state index contributed by atoms with van der Waals surface area (Å²) in [6, 6.07) is -0.149. The zero-order valence-corrected chi connectivity index (χ0v) is 16.2. The Hall–Kier alpha value is -2.02. The quantitative estimate of drug-likeness (QED) is 0.570. The first-order valence-electron chi connectivity index (χ1n) is 8.95. The van der Waals surface area contributed by atoms with Gasteiger partial charge in [-0.1, -0.05) is 24.3 Å². The van der Waals surface area contributed by atoms with Crippen molar-refractivity contribution >= 4 is 27.6 Å². The third kappa shape index (κ3) is 4.38. The Morgan fingerprint density at radius 1 is 1.46 bits per heavy atom. The third-order valence-corrected chi connectivity index (χ3v) is 5.28. The molecule has 0 aromatic rings. The summed E-state index contributed by atoms with van der Waals surface area (Å²) in [5.41, 5.74) is 1.76. The standard InChI is InChI=1S/C19H25N3O3S/c1-4-5-6-7-8-16(23)25-12(2)14-11-15-18(17(20-14)13-9-10-13)22-19(21-15)26(3)24/h4-7,11-13,15,18H,8-10H2,1-3H3,(H,21,22)/b5-4-,7-6-/t12-,15?,18?,26?/m1/s1. The number of ether oxygens (including phenoxy) is 1. The Morgan fingerprint density at radius 3 is 2.88 bits per heavy atom. The Balaban J connectivity index is 1.69. The molecule has 26 heavy (non-hydrogen) atoms. The van der Waals surface area contributed by atoms with Gasteiger partial charge in [-0.25, -0.2) is 4.99 Å². The Labute approximate surface area is 156 Å². The fourth-order valence-electron chi connectivity index (χ4n) is 3.04. The zero-order chi connectivity index (χ0) is 18.7. The molecular formula is C19H25N3O3S. The van der Waals surface area contributed by atoms with Gasteiger partial charge < -0.3 is 10.1 Å². The molecule has 3 aliphatic rings. The van der Waals surface area contributed by atoms with Gasteiger partial charge in [-0.15, -0.1) is 0 Å². The molecule has 0 spiro atoms. The van der Waals surface area contributed by atoms with Gasteiger partial charge >= 0.3 is 5.97 Å². The van der Waals surface area contributed by atoms with E-state index in [-0.39, 0.29) is 24.5 Å². The van der Waals surface area contributed by atoms with Gasteiger partial charge in [0.15, 0.2) is 5.17 Å². The molecule has 1 aliphatic carbocycles. The summed E-state index contributed by atoms with van der Waals surface area (Å²) < 4.78 is 17.3. The number of esters is 1. The second-order valence-electron chi connectivity index (χ2n) is 6.70. The molecule has 0 radical (unpaired) electrons. The van der Waals surface area contributed by atoms with Gasteiger partial charge in [0.2, 0.25) is 0 Å². The van der Waals surface area contributed by atoms with Crippen LogP contribution in [0, 0.1) is 5.92 Å². The molecule has 6 nitrogen and oxygen atoms in total. The highest BCUT2D eigenvalue weighted by atomic mass is 32.2. The van der Waals surface area contributed by atoms with Crippen LogP contribution in [0.2, 0.25) is 0 Å². The van der Waals surface area contributed by atoms with E-state index in [0.717, 1.165) is 24.3 Å². The molecule has 0 saturated heterocycles. The highest BCUT2D eigenvalue weighted by molar-refractivity contribution is 7.99. The minimum atomic E-state index is -1.15. The number of fused-ring (bicyclic) bond motifs is 1. The number of nitrogens with one attached hydrogen (secondary N) is 1. The van der Waals surface area contributed by atoms with Crippen molar-refractivity contribution in [1.29, 1.82) is 0 Å². The van der Waals surface area contributed by atoms with Crippen molar-refractivity contribution in [2.45, 2.75) is 51.3 Å². The molecule has 3 unspecified atom stereocenters. The smallest absolute Gasteiger partial charge is 0.310 e. The lowest BCUT2D eigenvalue weighted by Gasteiger charge is -2.25. The predicted molar refractivity (Wildman–Crippen MR) is 105 cm³/mol. The summed E-state index contributed by atoms with van der Waals surface area (Å²) in [5, 5.41) is 3.74. The molecular weight excluding hydrogens is 350 g/mol. The van der Waals surface area contributed by atoms with E-state index in [1.54, 1.807) is 12.3 Å². The van der Waals surface area contributed by atoms with Crippen molar-refractivity contribution < 1.29 is 13.7 Å². The van der Waals surface area contributed by atoms with Gasteiger partial charge in [0, 0.05) is 12.0 Å². The van der Waals surface area contributed by atoms with Crippen LogP contribution in [0.25, 0.3) is 0 Å². The number of hydrogen-bond donors (Lipinski definition) is 1. The van der Waals surface area contributed by atoms with Gasteiger partial charge in [-0.3, -0.25) is 14.0 Å². The summed E-state index contributed by atoms with van der Waals surface area (Å²) in [6.07, 6.45) is 13.0. The molecule has 0 aromatic heterocycles. The summed E-state index contributed by atoms with van der Waals surface area (Å²) >= 11 is 0. The maximum Gasteiger partial charge on any atom is 0.310 e. The van der Waals surface area contributed by atoms with E-state index in [1.807, 2.05) is 38.2 Å². The molecule has 2 aliphatic heterocycles. The van der Waals surface area contributed by atoms with E-state index in [2.05, 4.69) is 10.3 Å². The van der Waals surface area contributed by atoms with Gasteiger partial charge in [0.25, 0.3) is 0 Å². The molecule has 1 N–H and O–H groups in total. The topological polar surface area (TPSA) is 80.1 Å². The normalized spacial score (nSPS) is 27.4. The minimum absolute atomic E-state index is 0.0623. The van der Waals surface area contributed by atoms with Crippen LogP contribution in [0.1, 0.15) is 33.1 Å². The van der Waals surface area contributed by atoms with Gasteiger partial charge in [0.1, 0.15) is 12.1 Å². The zero-order valence-electron chi connectivity index (χ0n) is 15.3. The molecule has 7 heteroatoms. The monoisotopic (exact) mass is 375 g/mol. The lowest BCUT2D eigenvalue weighted by molar-refractivity contribution is -0.145. The molecule has 140 valence electrons. The number of rotatable bonds is 6. The fourth-order valence-corrected chi connectivity index (χ4v) is 3.60. The van der Waals surface area contributed by atoms with Crippen LogP contribution in [-0.4, -0.2) is 45.5 Å². The van der Waals surface area contributed by atoms with E-state index < -0.39 is 16.9 Å². The van der Waals surface area contributed by atoms with Crippen LogP contribution in [0.15, 0.2) is 46.1 Å². The van der Waals surface area contributed by atoms with Gasteiger partial charge in [-0.2, -0.15) is 0 Å². The number of amidine groups is 1. The number of carbonyl (C=O) groups excluding carboxylic acids is 1. The molecule has 1 saturated carbocycles. The summed E-state index contributed by atoms with van der Waals surface area (Å²) in [7, 11) is -1.15. The molecule has 1 fully saturated rings. The van der Waals surface area contributed by atoms with Gasteiger partial charge in [0.05, 0.1) is 29.0 Å². The minimum Gasteiger partial charge on any atom is -0.456 e. The lowest BCUT2D eigenvalue weighted by atomic mass is 9.96. The maximum atomic E-state index is 12.0. The van der Waals surface area contributed by atoms with E-state index in [4.69, 9.17) is 9.73 Å². The largest absolute Gasteiger partial charge is 0.456 e. The van der Waals surface area contributed by atoms with Crippen molar-refractivity contribution in [1.82, 2.24) is 5.32 Å². The maximum absolute atomic E-state index is 12.0. The molecule has 2 heterocycles. The van der Waals surface area contributed by atoms with Crippen LogP contribution in [0.3, 0.4) is 0 Å². The van der Waals surface area contributed by atoms with E-state index in [0.29, 0.717) is 11.1 Å². The van der Waals surface area contributed by atoms with Crippen molar-refractivity contribution in [3.8, 4) is 0 Å². The fraction of sp³-hybridized carbons (Fsp3) is 0.526. The molecule has 0 aromatic carbocycles. The van der Waals surface area contributed by atoms with E-state index in [1.165, 1.54) is 0 Å². The highest BCUT2D eigenvalue weighted by Crippen LogP contribution is 2.37. The number of hydrogen-bond acceptors (Lipinski definition) is 6. The molecule has 0 bridgehead atoms. The average Bonchev–Trinajstić information content (AvgIpc) is 3.35. The summed E-state index contributed by atoms with van der Waals surface area (Å²) in [5.74, 6) is 0.156. The number of aliphatic imine (C=N–C) groups is 2. The molecule has 0 amide bonds. The van der Waals surface area contributed by atoms with Crippen molar-refractivity contribution in [2.24, 2.45) is 15.9 Å². The van der Waals surface area contributed by atoms with Crippen LogP contribution in [0.4, 0.5) is 0 Å². The molecule has 3 rings (SSSR count). The van der Waals surface area contributed by atoms with E-state index in [9.17, 15) is 9.00 Å². The van der Waals surface area contributed by atoms with Crippen LogP contribution in [0.5, 0.6) is 0 Å². The lowest BCUT2D eigenvalue weighted by Crippen LogP contribution is -2.41. The third-order valence-electron chi connectivity index (χ3n) is 4.51.